The SMILES string of the molecule is O=C1N(CCN2CCC(CCOc3ccc(Cl)cc3)CC2)CCN1c1ccc([N+](=O)[O-])cc1. The maximum absolute atomic E-state index is 12.8. The zero-order valence-corrected chi connectivity index (χ0v) is 19.3. The molecule has 4 rings (SSSR count). The molecule has 2 aliphatic heterocycles. The summed E-state index contributed by atoms with van der Waals surface area (Å²) in [6, 6.07) is 13.6. The van der Waals surface area contributed by atoms with Gasteiger partial charge in [-0.15, -0.1) is 0 Å². The monoisotopic (exact) mass is 472 g/mol. The lowest BCUT2D eigenvalue weighted by atomic mass is 9.94. The van der Waals surface area contributed by atoms with Crippen LogP contribution in [0.5, 0.6) is 5.75 Å². The number of nitro groups is 1. The van der Waals surface area contributed by atoms with Gasteiger partial charge >= 0.3 is 6.03 Å². The van der Waals surface area contributed by atoms with E-state index in [-0.39, 0.29) is 11.7 Å². The Morgan fingerprint density at radius 1 is 0.970 bits per heavy atom. The highest BCUT2D eigenvalue weighted by Crippen LogP contribution is 2.24. The van der Waals surface area contributed by atoms with Crippen LogP contribution in [0.3, 0.4) is 0 Å². The molecule has 0 spiro atoms. The van der Waals surface area contributed by atoms with E-state index in [2.05, 4.69) is 4.90 Å². The van der Waals surface area contributed by atoms with Gasteiger partial charge in [0, 0.05) is 49.0 Å². The van der Waals surface area contributed by atoms with Gasteiger partial charge in [0.05, 0.1) is 11.5 Å². The molecule has 0 unspecified atom stereocenters. The Hall–Kier alpha value is -2.84. The number of anilines is 1. The molecule has 2 heterocycles. The van der Waals surface area contributed by atoms with E-state index in [1.54, 1.807) is 17.0 Å². The number of urea groups is 1. The van der Waals surface area contributed by atoms with Crippen molar-refractivity contribution in [2.45, 2.75) is 19.3 Å². The van der Waals surface area contributed by atoms with Crippen molar-refractivity contribution in [3.8, 4) is 5.75 Å². The third-order valence-corrected chi connectivity index (χ3v) is 6.72. The van der Waals surface area contributed by atoms with Crippen LogP contribution in [0.1, 0.15) is 19.3 Å². The van der Waals surface area contributed by atoms with Gasteiger partial charge in [0.25, 0.3) is 5.69 Å². The molecule has 2 saturated heterocycles. The number of benzene rings is 2. The standard InChI is InChI=1S/C24H29ClN4O4/c25-20-1-7-23(8-2-20)33-18-11-19-9-12-26(13-10-19)14-15-27-16-17-28(24(27)30)21-3-5-22(6-4-21)29(31)32/h1-8,19H,9-18H2. The minimum Gasteiger partial charge on any atom is -0.494 e. The maximum Gasteiger partial charge on any atom is 0.324 e. The number of nitro benzene ring substituents is 1. The molecule has 0 bridgehead atoms. The smallest absolute Gasteiger partial charge is 0.324 e. The Bertz CT molecular complexity index is 946. The average molecular weight is 473 g/mol. The molecule has 2 fully saturated rings. The van der Waals surface area contributed by atoms with Crippen molar-refractivity contribution in [3.05, 3.63) is 63.7 Å². The number of piperidine rings is 1. The van der Waals surface area contributed by atoms with Crippen molar-refractivity contribution in [2.75, 3.05) is 50.8 Å². The van der Waals surface area contributed by atoms with E-state index in [1.165, 1.54) is 12.1 Å². The Kier molecular flexibility index (Phi) is 7.67. The van der Waals surface area contributed by atoms with Gasteiger partial charge in [-0.2, -0.15) is 0 Å². The zero-order chi connectivity index (χ0) is 23.2. The molecule has 8 nitrogen and oxygen atoms in total. The molecule has 0 aliphatic carbocycles. The van der Waals surface area contributed by atoms with E-state index >= 15 is 0 Å². The number of likely N-dealkylation sites (tertiary alicyclic amines) is 1. The maximum atomic E-state index is 12.8. The van der Waals surface area contributed by atoms with Crippen LogP contribution in [-0.2, 0) is 0 Å². The second-order valence-electron chi connectivity index (χ2n) is 8.57. The zero-order valence-electron chi connectivity index (χ0n) is 18.6. The van der Waals surface area contributed by atoms with E-state index < -0.39 is 4.92 Å². The molecule has 0 N–H and O–H groups in total. The molecule has 176 valence electrons. The number of nitrogens with zero attached hydrogens (tertiary/aromatic N) is 4. The summed E-state index contributed by atoms with van der Waals surface area (Å²) in [4.78, 5) is 29.2. The van der Waals surface area contributed by atoms with Crippen molar-refractivity contribution < 1.29 is 14.5 Å². The molecule has 0 saturated carbocycles. The summed E-state index contributed by atoms with van der Waals surface area (Å²) in [5.74, 6) is 1.52. The topological polar surface area (TPSA) is 79.2 Å². The first kappa shape index (κ1) is 23.3. The van der Waals surface area contributed by atoms with Gasteiger partial charge in [0.15, 0.2) is 0 Å². The minimum atomic E-state index is -0.433. The van der Waals surface area contributed by atoms with Crippen molar-refractivity contribution >= 4 is 29.0 Å². The summed E-state index contributed by atoms with van der Waals surface area (Å²) in [5, 5.41) is 11.5. The number of carbonyl (C=O) groups is 1. The summed E-state index contributed by atoms with van der Waals surface area (Å²) >= 11 is 5.90. The quantitative estimate of drug-likeness (QED) is 0.391. The lowest BCUT2D eigenvalue weighted by molar-refractivity contribution is -0.384. The number of amides is 2. The fourth-order valence-electron chi connectivity index (χ4n) is 4.42. The molecule has 0 radical (unpaired) electrons. The fourth-order valence-corrected chi connectivity index (χ4v) is 4.55. The van der Waals surface area contributed by atoms with Crippen molar-refractivity contribution in [1.82, 2.24) is 9.80 Å². The van der Waals surface area contributed by atoms with Crippen molar-refractivity contribution in [2.24, 2.45) is 5.92 Å². The minimum absolute atomic E-state index is 0.0295. The van der Waals surface area contributed by atoms with Crippen LogP contribution in [-0.4, -0.2) is 66.6 Å². The fraction of sp³-hybridized carbons (Fsp3) is 0.458. The Balaban J connectivity index is 1.15. The van der Waals surface area contributed by atoms with Gasteiger partial charge in [0.2, 0.25) is 0 Å². The third kappa shape index (κ3) is 6.15. The summed E-state index contributed by atoms with van der Waals surface area (Å²) < 4.78 is 5.83. The average Bonchev–Trinajstić information content (AvgIpc) is 3.20. The second-order valence-corrected chi connectivity index (χ2v) is 9.01. The van der Waals surface area contributed by atoms with Gasteiger partial charge in [-0.3, -0.25) is 15.0 Å². The van der Waals surface area contributed by atoms with E-state index in [0.717, 1.165) is 44.6 Å². The van der Waals surface area contributed by atoms with Crippen molar-refractivity contribution in [1.29, 1.82) is 0 Å². The van der Waals surface area contributed by atoms with Crippen LogP contribution < -0.4 is 9.64 Å². The summed E-state index contributed by atoms with van der Waals surface area (Å²) in [6.07, 6.45) is 3.34. The molecule has 2 aromatic rings. The number of hydrogen-bond donors (Lipinski definition) is 0. The number of hydrogen-bond acceptors (Lipinski definition) is 5. The van der Waals surface area contributed by atoms with Crippen molar-refractivity contribution in [3.63, 3.8) is 0 Å². The van der Waals surface area contributed by atoms with Crippen LogP contribution in [0.2, 0.25) is 5.02 Å². The first-order valence-corrected chi connectivity index (χ1v) is 11.8. The third-order valence-electron chi connectivity index (χ3n) is 6.47. The Labute approximate surface area is 198 Å². The number of rotatable bonds is 9. The van der Waals surface area contributed by atoms with Crippen LogP contribution in [0, 0.1) is 16.0 Å². The molecule has 2 aromatic carbocycles. The predicted molar refractivity (Wildman–Crippen MR) is 128 cm³/mol. The predicted octanol–water partition coefficient (Wildman–Crippen LogP) is 4.67. The van der Waals surface area contributed by atoms with Gasteiger partial charge in [-0.05, 0) is 74.7 Å². The van der Waals surface area contributed by atoms with Gasteiger partial charge in [-0.25, -0.2) is 4.79 Å². The van der Waals surface area contributed by atoms with Crippen LogP contribution in [0.4, 0.5) is 16.2 Å². The molecule has 0 atom stereocenters. The lowest BCUT2D eigenvalue weighted by Crippen LogP contribution is -2.41. The molecule has 33 heavy (non-hydrogen) atoms. The Morgan fingerprint density at radius 3 is 2.33 bits per heavy atom. The van der Waals surface area contributed by atoms with E-state index in [0.29, 0.717) is 42.9 Å². The Morgan fingerprint density at radius 2 is 1.67 bits per heavy atom. The number of ether oxygens (including phenoxy) is 1. The van der Waals surface area contributed by atoms with E-state index in [4.69, 9.17) is 16.3 Å². The molecule has 9 heteroatoms. The van der Waals surface area contributed by atoms with Crippen LogP contribution in [0.15, 0.2) is 48.5 Å². The van der Waals surface area contributed by atoms with Gasteiger partial charge < -0.3 is 14.5 Å². The largest absolute Gasteiger partial charge is 0.494 e. The number of carbonyl (C=O) groups excluding carboxylic acids is 1. The highest BCUT2D eigenvalue weighted by Gasteiger charge is 2.30. The molecule has 2 amide bonds. The molecule has 0 aromatic heterocycles. The molecule has 2 aliphatic rings. The summed E-state index contributed by atoms with van der Waals surface area (Å²) in [6.45, 7) is 5.65. The molecular formula is C24H29ClN4O4. The first-order valence-electron chi connectivity index (χ1n) is 11.4. The van der Waals surface area contributed by atoms with E-state index in [1.807, 2.05) is 29.2 Å². The van der Waals surface area contributed by atoms with E-state index in [9.17, 15) is 14.9 Å². The highest BCUT2D eigenvalue weighted by molar-refractivity contribution is 6.30. The van der Waals surface area contributed by atoms with Gasteiger partial charge in [-0.1, -0.05) is 11.6 Å². The van der Waals surface area contributed by atoms with Crippen LogP contribution >= 0.6 is 11.6 Å². The second kappa shape index (κ2) is 10.9. The summed E-state index contributed by atoms with van der Waals surface area (Å²) in [5.41, 5.74) is 0.733. The molecular weight excluding hydrogens is 444 g/mol. The van der Waals surface area contributed by atoms with Crippen LogP contribution in [0.25, 0.3) is 0 Å². The summed E-state index contributed by atoms with van der Waals surface area (Å²) in [7, 11) is 0. The number of halogens is 1. The highest BCUT2D eigenvalue weighted by atomic mass is 35.5. The van der Waals surface area contributed by atoms with Gasteiger partial charge in [0.1, 0.15) is 5.75 Å². The number of non-ortho nitro benzene ring substituents is 1. The normalized spacial score (nSPS) is 17.5. The first-order chi connectivity index (χ1) is 16.0. The lowest BCUT2D eigenvalue weighted by Gasteiger charge is -2.33.